The van der Waals surface area contributed by atoms with Crippen molar-refractivity contribution in [2.45, 2.75) is 24.7 Å². The molecule has 0 aliphatic heterocycles. The second-order valence-electron chi connectivity index (χ2n) is 3.82. The highest BCUT2D eigenvalue weighted by molar-refractivity contribution is 7.89. The van der Waals surface area contributed by atoms with Crippen LogP contribution in [0.25, 0.3) is 0 Å². The minimum absolute atomic E-state index is 0.0258. The van der Waals surface area contributed by atoms with Crippen molar-refractivity contribution in [2.24, 2.45) is 5.14 Å². The van der Waals surface area contributed by atoms with Crippen LogP contribution in [0.1, 0.15) is 18.4 Å². The molecule has 0 atom stereocenters. The normalized spacial score (nSPS) is 11.2. The number of carbonyl (C=O) groups is 1. The molecule has 0 aliphatic rings. The molecule has 18 heavy (non-hydrogen) atoms. The predicted molar refractivity (Wildman–Crippen MR) is 64.9 cm³/mol. The van der Waals surface area contributed by atoms with Gasteiger partial charge in [0.2, 0.25) is 10.0 Å². The fourth-order valence-electron chi connectivity index (χ4n) is 1.37. The molecular formula is C11H15NO5S. The Labute approximate surface area is 105 Å². The summed E-state index contributed by atoms with van der Waals surface area (Å²) in [6.07, 6.45) is 0.431. The molecule has 1 rings (SSSR count). The Kier molecular flexibility index (Phi) is 4.69. The van der Waals surface area contributed by atoms with Gasteiger partial charge in [-0.05, 0) is 37.1 Å². The van der Waals surface area contributed by atoms with Gasteiger partial charge in [-0.1, -0.05) is 0 Å². The van der Waals surface area contributed by atoms with Gasteiger partial charge in [-0.2, -0.15) is 0 Å². The van der Waals surface area contributed by atoms with Crippen LogP contribution in [0.5, 0.6) is 5.75 Å². The van der Waals surface area contributed by atoms with Crippen molar-refractivity contribution in [3.8, 4) is 5.75 Å². The molecule has 0 saturated heterocycles. The lowest BCUT2D eigenvalue weighted by molar-refractivity contribution is -0.137. The Morgan fingerprint density at radius 2 is 2.11 bits per heavy atom. The number of rotatable bonds is 6. The van der Waals surface area contributed by atoms with E-state index in [1.165, 1.54) is 18.2 Å². The summed E-state index contributed by atoms with van der Waals surface area (Å²) in [6.45, 7) is 1.96. The van der Waals surface area contributed by atoms with Crippen molar-refractivity contribution in [3.63, 3.8) is 0 Å². The fourth-order valence-corrected chi connectivity index (χ4v) is 1.97. The van der Waals surface area contributed by atoms with Gasteiger partial charge < -0.3 is 9.84 Å². The molecule has 3 N–H and O–H groups in total. The van der Waals surface area contributed by atoms with Crippen molar-refractivity contribution in [1.82, 2.24) is 0 Å². The van der Waals surface area contributed by atoms with E-state index >= 15 is 0 Å². The van der Waals surface area contributed by atoms with Crippen molar-refractivity contribution in [2.75, 3.05) is 6.61 Å². The highest BCUT2D eigenvalue weighted by Crippen LogP contribution is 2.21. The molecule has 0 unspecified atom stereocenters. The molecule has 0 radical (unpaired) electrons. The molecule has 7 heteroatoms. The first-order valence-corrected chi connectivity index (χ1v) is 6.83. The lowest BCUT2D eigenvalue weighted by atomic mass is 10.2. The van der Waals surface area contributed by atoms with E-state index in [0.29, 0.717) is 17.7 Å². The van der Waals surface area contributed by atoms with E-state index in [1.807, 2.05) is 0 Å². The number of carboxylic acid groups (broad SMARTS) is 1. The Bertz CT molecular complexity index is 538. The maximum atomic E-state index is 11.1. The summed E-state index contributed by atoms with van der Waals surface area (Å²) in [5.41, 5.74) is 0.636. The number of primary sulfonamides is 1. The first-order chi connectivity index (χ1) is 8.30. The monoisotopic (exact) mass is 273 g/mol. The number of hydrogen-bond acceptors (Lipinski definition) is 4. The quantitative estimate of drug-likeness (QED) is 0.748. The van der Waals surface area contributed by atoms with Crippen LogP contribution < -0.4 is 9.88 Å². The van der Waals surface area contributed by atoms with E-state index in [1.54, 1.807) is 6.92 Å². The minimum atomic E-state index is -3.71. The second-order valence-corrected chi connectivity index (χ2v) is 5.38. The Morgan fingerprint density at radius 1 is 1.44 bits per heavy atom. The zero-order valence-corrected chi connectivity index (χ0v) is 10.7. The molecule has 0 aliphatic carbocycles. The SMILES string of the molecule is Cc1cc(S(N)(=O)=O)ccc1OCCCC(=O)O. The minimum Gasteiger partial charge on any atom is -0.493 e. The van der Waals surface area contributed by atoms with Gasteiger partial charge in [-0.3, -0.25) is 4.79 Å². The van der Waals surface area contributed by atoms with Crippen LogP contribution in [0, 0.1) is 6.92 Å². The number of nitrogens with two attached hydrogens (primary N) is 1. The fraction of sp³-hybridized carbons (Fsp3) is 0.364. The van der Waals surface area contributed by atoms with E-state index in [-0.39, 0.29) is 17.9 Å². The average Bonchev–Trinajstić information content (AvgIpc) is 2.24. The summed E-state index contributed by atoms with van der Waals surface area (Å²) in [7, 11) is -3.71. The molecular weight excluding hydrogens is 258 g/mol. The molecule has 0 fully saturated rings. The summed E-state index contributed by atoms with van der Waals surface area (Å²) in [5.74, 6) is -0.354. The number of benzene rings is 1. The van der Waals surface area contributed by atoms with Gasteiger partial charge in [-0.15, -0.1) is 0 Å². The molecule has 0 spiro atoms. The van der Waals surface area contributed by atoms with Gasteiger partial charge in [0, 0.05) is 6.42 Å². The summed E-state index contributed by atoms with van der Waals surface area (Å²) in [4.78, 5) is 10.3. The van der Waals surface area contributed by atoms with E-state index in [0.717, 1.165) is 0 Å². The van der Waals surface area contributed by atoms with Crippen LogP contribution >= 0.6 is 0 Å². The Balaban J connectivity index is 2.66. The van der Waals surface area contributed by atoms with Crippen LogP contribution in [-0.4, -0.2) is 26.1 Å². The number of sulfonamides is 1. The van der Waals surface area contributed by atoms with Gasteiger partial charge in [0.1, 0.15) is 5.75 Å². The van der Waals surface area contributed by atoms with Crippen molar-refractivity contribution < 1.29 is 23.1 Å². The van der Waals surface area contributed by atoms with Crippen LogP contribution in [0.15, 0.2) is 23.1 Å². The van der Waals surface area contributed by atoms with E-state index < -0.39 is 16.0 Å². The average molecular weight is 273 g/mol. The predicted octanol–water partition coefficient (Wildman–Crippen LogP) is 0.886. The summed E-state index contributed by atoms with van der Waals surface area (Å²) in [5, 5.41) is 13.5. The van der Waals surface area contributed by atoms with Crippen molar-refractivity contribution in [1.29, 1.82) is 0 Å². The van der Waals surface area contributed by atoms with Gasteiger partial charge >= 0.3 is 5.97 Å². The van der Waals surface area contributed by atoms with E-state index in [9.17, 15) is 13.2 Å². The van der Waals surface area contributed by atoms with Crippen molar-refractivity contribution >= 4 is 16.0 Å². The number of hydrogen-bond donors (Lipinski definition) is 2. The van der Waals surface area contributed by atoms with Gasteiger partial charge in [0.25, 0.3) is 0 Å². The Morgan fingerprint density at radius 3 is 2.61 bits per heavy atom. The first-order valence-electron chi connectivity index (χ1n) is 5.29. The van der Waals surface area contributed by atoms with E-state index in [4.69, 9.17) is 15.0 Å². The van der Waals surface area contributed by atoms with Gasteiger partial charge in [0.15, 0.2) is 0 Å². The number of aryl methyl sites for hydroxylation is 1. The third-order valence-electron chi connectivity index (χ3n) is 2.27. The number of aliphatic carboxylic acids is 1. The summed E-state index contributed by atoms with van der Waals surface area (Å²) < 4.78 is 27.6. The van der Waals surface area contributed by atoms with E-state index in [2.05, 4.69) is 0 Å². The number of carboxylic acids is 1. The molecule has 6 nitrogen and oxygen atoms in total. The molecule has 1 aromatic rings. The molecule has 1 aromatic carbocycles. The lowest BCUT2D eigenvalue weighted by Gasteiger charge is -2.09. The highest BCUT2D eigenvalue weighted by atomic mass is 32.2. The van der Waals surface area contributed by atoms with Crippen LogP contribution in [0.2, 0.25) is 0 Å². The largest absolute Gasteiger partial charge is 0.493 e. The lowest BCUT2D eigenvalue weighted by Crippen LogP contribution is -2.12. The third kappa shape index (κ3) is 4.34. The number of ether oxygens (including phenoxy) is 1. The smallest absolute Gasteiger partial charge is 0.303 e. The van der Waals surface area contributed by atoms with Gasteiger partial charge in [0.05, 0.1) is 11.5 Å². The zero-order valence-electron chi connectivity index (χ0n) is 9.92. The van der Waals surface area contributed by atoms with Crippen LogP contribution in [-0.2, 0) is 14.8 Å². The van der Waals surface area contributed by atoms with Crippen LogP contribution in [0.4, 0.5) is 0 Å². The molecule has 0 heterocycles. The summed E-state index contributed by atoms with van der Waals surface area (Å²) >= 11 is 0. The summed E-state index contributed by atoms with van der Waals surface area (Å²) in [6, 6.07) is 4.28. The van der Waals surface area contributed by atoms with Crippen molar-refractivity contribution in [3.05, 3.63) is 23.8 Å². The third-order valence-corrected chi connectivity index (χ3v) is 3.18. The molecule has 0 bridgehead atoms. The molecule has 100 valence electrons. The second kappa shape index (κ2) is 5.83. The Hall–Kier alpha value is -1.60. The van der Waals surface area contributed by atoms with Crippen LogP contribution in [0.3, 0.4) is 0 Å². The maximum absolute atomic E-state index is 11.1. The molecule has 0 aromatic heterocycles. The highest BCUT2D eigenvalue weighted by Gasteiger charge is 2.10. The molecule has 0 saturated carbocycles. The zero-order chi connectivity index (χ0) is 13.8. The maximum Gasteiger partial charge on any atom is 0.303 e. The van der Waals surface area contributed by atoms with Gasteiger partial charge in [-0.25, -0.2) is 13.6 Å². The first kappa shape index (κ1) is 14.5. The molecule has 0 amide bonds. The standard InChI is InChI=1S/C11H15NO5S/c1-8-7-9(18(12,15)16)4-5-10(8)17-6-2-3-11(13)14/h4-5,7H,2-3,6H2,1H3,(H,13,14)(H2,12,15,16). The topological polar surface area (TPSA) is 107 Å².